The minimum Gasteiger partial charge on any atom is -0.283 e. The highest BCUT2D eigenvalue weighted by atomic mass is 35.5. The molecule has 5 heteroatoms. The zero-order valence-corrected chi connectivity index (χ0v) is 12.7. The SMILES string of the molecule is C=CCn1c(SC/C=C(\C)Cl)nc2ccccc2c1=O. The molecule has 2 rings (SSSR count). The molecule has 0 saturated heterocycles. The summed E-state index contributed by atoms with van der Waals surface area (Å²) in [6.07, 6.45) is 3.59. The van der Waals surface area contributed by atoms with Crippen molar-refractivity contribution in [2.24, 2.45) is 0 Å². The molecule has 0 atom stereocenters. The molecule has 0 saturated carbocycles. The van der Waals surface area contributed by atoms with Crippen molar-refractivity contribution in [2.45, 2.75) is 18.6 Å². The van der Waals surface area contributed by atoms with Gasteiger partial charge in [0.25, 0.3) is 5.56 Å². The van der Waals surface area contributed by atoms with Gasteiger partial charge in [0.05, 0.1) is 10.9 Å². The smallest absolute Gasteiger partial charge is 0.262 e. The van der Waals surface area contributed by atoms with Crippen LogP contribution in [0.15, 0.2) is 58.0 Å². The van der Waals surface area contributed by atoms with Gasteiger partial charge in [-0.05, 0) is 19.1 Å². The van der Waals surface area contributed by atoms with Crippen LogP contribution in [0.2, 0.25) is 0 Å². The molecule has 2 aromatic rings. The number of para-hydroxylation sites is 1. The summed E-state index contributed by atoms with van der Waals surface area (Å²) in [6, 6.07) is 7.36. The van der Waals surface area contributed by atoms with Crippen molar-refractivity contribution in [2.75, 3.05) is 5.75 Å². The van der Waals surface area contributed by atoms with E-state index in [1.807, 2.05) is 31.2 Å². The van der Waals surface area contributed by atoms with Crippen LogP contribution in [0, 0.1) is 0 Å². The van der Waals surface area contributed by atoms with Crippen molar-refractivity contribution >= 4 is 34.3 Å². The molecule has 0 aliphatic heterocycles. The van der Waals surface area contributed by atoms with Crippen LogP contribution < -0.4 is 5.56 Å². The molecule has 1 heterocycles. The summed E-state index contributed by atoms with van der Waals surface area (Å²) >= 11 is 7.30. The lowest BCUT2D eigenvalue weighted by molar-refractivity contribution is 0.672. The molecule has 20 heavy (non-hydrogen) atoms. The van der Waals surface area contributed by atoms with Gasteiger partial charge in [0.15, 0.2) is 5.16 Å². The molecule has 0 amide bonds. The molecule has 0 aliphatic carbocycles. The van der Waals surface area contributed by atoms with Crippen LogP contribution in [-0.2, 0) is 6.54 Å². The van der Waals surface area contributed by atoms with Crippen molar-refractivity contribution in [3.05, 3.63) is 58.4 Å². The normalized spacial score (nSPS) is 11.8. The molecule has 3 nitrogen and oxygen atoms in total. The Labute approximate surface area is 127 Å². The summed E-state index contributed by atoms with van der Waals surface area (Å²) in [5, 5.41) is 2.04. The van der Waals surface area contributed by atoms with E-state index < -0.39 is 0 Å². The summed E-state index contributed by atoms with van der Waals surface area (Å²) in [4.78, 5) is 17.0. The zero-order valence-electron chi connectivity index (χ0n) is 11.2. The first-order chi connectivity index (χ1) is 9.63. The Hall–Kier alpha value is -1.52. The van der Waals surface area contributed by atoms with Crippen molar-refractivity contribution in [1.82, 2.24) is 9.55 Å². The highest BCUT2D eigenvalue weighted by Gasteiger charge is 2.09. The minimum atomic E-state index is -0.0374. The van der Waals surface area contributed by atoms with E-state index >= 15 is 0 Å². The Morgan fingerprint density at radius 3 is 2.95 bits per heavy atom. The number of aromatic nitrogens is 2. The number of rotatable bonds is 5. The predicted molar refractivity (Wildman–Crippen MR) is 86.5 cm³/mol. The number of fused-ring (bicyclic) bond motifs is 1. The summed E-state index contributed by atoms with van der Waals surface area (Å²) in [7, 11) is 0. The fourth-order valence-corrected chi connectivity index (χ4v) is 2.91. The summed E-state index contributed by atoms with van der Waals surface area (Å²) < 4.78 is 1.64. The van der Waals surface area contributed by atoms with Gasteiger partial charge in [0, 0.05) is 17.3 Å². The lowest BCUT2D eigenvalue weighted by Gasteiger charge is -2.10. The van der Waals surface area contributed by atoms with Crippen LogP contribution in [0.4, 0.5) is 0 Å². The first kappa shape index (κ1) is 14.9. The van der Waals surface area contributed by atoms with Gasteiger partial charge in [0.1, 0.15) is 0 Å². The molecular weight excluding hydrogens is 292 g/mol. The van der Waals surface area contributed by atoms with Crippen molar-refractivity contribution in [3.8, 4) is 0 Å². The number of thioether (sulfide) groups is 1. The van der Waals surface area contributed by atoms with Gasteiger partial charge < -0.3 is 0 Å². The van der Waals surface area contributed by atoms with Crippen molar-refractivity contribution < 1.29 is 0 Å². The second kappa shape index (κ2) is 6.77. The average molecular weight is 307 g/mol. The Balaban J connectivity index is 2.50. The third kappa shape index (κ3) is 3.32. The van der Waals surface area contributed by atoms with Crippen LogP contribution in [-0.4, -0.2) is 15.3 Å². The fraction of sp³-hybridized carbons (Fsp3) is 0.200. The summed E-state index contributed by atoms with van der Waals surface area (Å²) in [5.74, 6) is 0.678. The second-order valence-corrected chi connectivity index (χ2v) is 5.80. The number of allylic oxidation sites excluding steroid dienone is 2. The number of hydrogen-bond donors (Lipinski definition) is 0. The first-order valence-corrected chi connectivity index (χ1v) is 7.55. The Morgan fingerprint density at radius 2 is 2.25 bits per heavy atom. The average Bonchev–Trinajstić information content (AvgIpc) is 2.42. The third-order valence-electron chi connectivity index (χ3n) is 2.72. The quantitative estimate of drug-likeness (QED) is 0.478. The molecule has 1 aromatic heterocycles. The lowest BCUT2D eigenvalue weighted by Crippen LogP contribution is -2.22. The first-order valence-electron chi connectivity index (χ1n) is 6.19. The van der Waals surface area contributed by atoms with E-state index in [0.717, 1.165) is 5.03 Å². The Morgan fingerprint density at radius 1 is 1.50 bits per heavy atom. The number of halogens is 1. The van der Waals surface area contributed by atoms with Gasteiger partial charge in [-0.2, -0.15) is 0 Å². The maximum absolute atomic E-state index is 12.5. The third-order valence-corrected chi connectivity index (χ3v) is 3.77. The second-order valence-electron chi connectivity index (χ2n) is 4.22. The summed E-state index contributed by atoms with van der Waals surface area (Å²) in [6.45, 7) is 5.97. The standard InChI is InChI=1S/C15H15ClN2OS/c1-3-9-18-14(19)12-6-4-5-7-13(12)17-15(18)20-10-8-11(2)16/h3-8H,1,9-10H2,2H3/b11-8+. The molecule has 104 valence electrons. The summed E-state index contributed by atoms with van der Waals surface area (Å²) in [5.41, 5.74) is 0.677. The number of nitrogens with zero attached hydrogens (tertiary/aromatic N) is 2. The van der Waals surface area contributed by atoms with Crippen LogP contribution >= 0.6 is 23.4 Å². The maximum Gasteiger partial charge on any atom is 0.262 e. The molecule has 0 bridgehead atoms. The molecule has 0 radical (unpaired) electrons. The highest BCUT2D eigenvalue weighted by Crippen LogP contribution is 2.18. The van der Waals surface area contributed by atoms with Crippen LogP contribution in [0.25, 0.3) is 10.9 Å². The van der Waals surface area contributed by atoms with Crippen LogP contribution in [0.1, 0.15) is 6.92 Å². The predicted octanol–water partition coefficient (Wildman–Crippen LogP) is 3.82. The van der Waals surface area contributed by atoms with Gasteiger partial charge in [0.2, 0.25) is 0 Å². The van der Waals surface area contributed by atoms with Gasteiger partial charge in [-0.1, -0.05) is 47.6 Å². The van der Waals surface area contributed by atoms with E-state index in [-0.39, 0.29) is 5.56 Å². The topological polar surface area (TPSA) is 34.9 Å². The zero-order chi connectivity index (χ0) is 14.5. The van der Waals surface area contributed by atoms with E-state index in [9.17, 15) is 4.79 Å². The van der Waals surface area contributed by atoms with Gasteiger partial charge in [-0.3, -0.25) is 9.36 Å². The Bertz CT molecular complexity index is 717. The molecule has 0 unspecified atom stereocenters. The molecule has 1 aromatic carbocycles. The lowest BCUT2D eigenvalue weighted by atomic mass is 10.2. The molecule has 0 N–H and O–H groups in total. The van der Waals surface area contributed by atoms with Crippen molar-refractivity contribution in [1.29, 1.82) is 0 Å². The monoisotopic (exact) mass is 306 g/mol. The van der Waals surface area contributed by atoms with Gasteiger partial charge in [-0.25, -0.2) is 4.98 Å². The van der Waals surface area contributed by atoms with Gasteiger partial charge in [-0.15, -0.1) is 6.58 Å². The van der Waals surface area contributed by atoms with E-state index in [1.54, 1.807) is 16.7 Å². The largest absolute Gasteiger partial charge is 0.283 e. The Kier molecular flexibility index (Phi) is 5.04. The molecule has 0 fully saturated rings. The molecule has 0 aliphatic rings. The number of hydrogen-bond acceptors (Lipinski definition) is 3. The van der Waals surface area contributed by atoms with E-state index in [2.05, 4.69) is 11.6 Å². The van der Waals surface area contributed by atoms with Gasteiger partial charge >= 0.3 is 0 Å². The van der Waals surface area contributed by atoms with E-state index in [4.69, 9.17) is 11.6 Å². The van der Waals surface area contributed by atoms with E-state index in [0.29, 0.717) is 28.4 Å². The van der Waals surface area contributed by atoms with E-state index in [1.165, 1.54) is 11.8 Å². The highest BCUT2D eigenvalue weighted by molar-refractivity contribution is 7.99. The number of benzene rings is 1. The molecule has 0 spiro atoms. The van der Waals surface area contributed by atoms with Crippen LogP contribution in [0.3, 0.4) is 0 Å². The van der Waals surface area contributed by atoms with Crippen molar-refractivity contribution in [3.63, 3.8) is 0 Å². The van der Waals surface area contributed by atoms with Crippen LogP contribution in [0.5, 0.6) is 0 Å². The minimum absolute atomic E-state index is 0.0374. The fourth-order valence-electron chi connectivity index (χ4n) is 1.78. The molecular formula is C15H15ClN2OS. The maximum atomic E-state index is 12.5.